The molecule has 0 bridgehead atoms. The van der Waals surface area contributed by atoms with E-state index in [0.717, 1.165) is 0 Å². The maximum atomic E-state index is 12.8. The molecule has 1 aromatic carbocycles. The molecule has 0 saturated heterocycles. The molecule has 3 nitrogen and oxygen atoms in total. The van der Waals surface area contributed by atoms with Crippen LogP contribution in [0.5, 0.6) is 0 Å². The van der Waals surface area contributed by atoms with Crippen LogP contribution in [0, 0.1) is 13.8 Å². The molecular weight excluding hydrogens is 340 g/mol. The summed E-state index contributed by atoms with van der Waals surface area (Å²) in [5.74, 6) is -0.275. The molecule has 1 amide bonds. The topological polar surface area (TPSA) is 42.2 Å². The molecule has 0 unspecified atom stereocenters. The third-order valence-electron chi connectivity index (χ3n) is 3.13. The first kappa shape index (κ1) is 17.9. The monoisotopic (exact) mass is 351 g/mol. The molecular formula is C15H11F6NO2. The third kappa shape index (κ3) is 3.90. The molecule has 2 aromatic rings. The van der Waals surface area contributed by atoms with Crippen LogP contribution in [-0.4, -0.2) is 5.91 Å². The van der Waals surface area contributed by atoms with E-state index in [2.05, 4.69) is 0 Å². The Balaban J connectivity index is 2.42. The fourth-order valence-electron chi connectivity index (χ4n) is 2.08. The van der Waals surface area contributed by atoms with Gasteiger partial charge in [0.15, 0.2) is 0 Å². The second-order valence-electron chi connectivity index (χ2n) is 5.08. The number of benzene rings is 1. The van der Waals surface area contributed by atoms with E-state index in [4.69, 9.17) is 4.42 Å². The number of carbonyl (C=O) groups is 1. The summed E-state index contributed by atoms with van der Waals surface area (Å²) in [5.41, 5.74) is -3.60. The highest BCUT2D eigenvalue weighted by Crippen LogP contribution is 2.37. The van der Waals surface area contributed by atoms with Gasteiger partial charge < -0.3 is 9.73 Å². The fraction of sp³-hybridized carbons (Fsp3) is 0.267. The molecule has 24 heavy (non-hydrogen) atoms. The average Bonchev–Trinajstić information content (AvgIpc) is 2.75. The van der Waals surface area contributed by atoms with Gasteiger partial charge in [-0.3, -0.25) is 4.79 Å². The lowest BCUT2D eigenvalue weighted by atomic mass is 10.1. The Labute approximate surface area is 132 Å². The lowest BCUT2D eigenvalue weighted by Gasteiger charge is -2.14. The molecule has 0 aliphatic heterocycles. The van der Waals surface area contributed by atoms with Gasteiger partial charge in [-0.2, -0.15) is 26.3 Å². The minimum atomic E-state index is -4.98. The summed E-state index contributed by atoms with van der Waals surface area (Å²) < 4.78 is 81.7. The number of nitrogens with one attached hydrogen (secondary N) is 1. The zero-order valence-electron chi connectivity index (χ0n) is 12.4. The van der Waals surface area contributed by atoms with Crippen molar-refractivity contribution in [2.45, 2.75) is 26.2 Å². The zero-order valence-corrected chi connectivity index (χ0v) is 12.4. The van der Waals surface area contributed by atoms with Crippen molar-refractivity contribution in [2.75, 3.05) is 5.32 Å². The largest absolute Gasteiger partial charge is 0.466 e. The number of hydrogen-bond donors (Lipinski definition) is 1. The molecule has 9 heteroatoms. The Hall–Kier alpha value is -2.45. The normalized spacial score (nSPS) is 12.3. The Morgan fingerprint density at radius 1 is 0.917 bits per heavy atom. The van der Waals surface area contributed by atoms with Gasteiger partial charge >= 0.3 is 12.4 Å². The molecule has 1 aromatic heterocycles. The lowest BCUT2D eigenvalue weighted by molar-refractivity contribution is -0.143. The van der Waals surface area contributed by atoms with Crippen molar-refractivity contribution in [3.8, 4) is 0 Å². The van der Waals surface area contributed by atoms with Crippen LogP contribution < -0.4 is 5.32 Å². The van der Waals surface area contributed by atoms with Crippen molar-refractivity contribution in [3.63, 3.8) is 0 Å². The number of hydrogen-bond acceptors (Lipinski definition) is 2. The van der Waals surface area contributed by atoms with Crippen molar-refractivity contribution in [3.05, 3.63) is 52.5 Å². The smallest absolute Gasteiger partial charge is 0.416 e. The standard InChI is InChI=1S/C15H11F6NO2/c1-7-3-12(8(2)24-7)13(23)22-11-5-9(14(16,17)18)4-10(6-11)15(19,20)21/h3-6H,1-2H3,(H,22,23). The van der Waals surface area contributed by atoms with Crippen LogP contribution in [0.2, 0.25) is 0 Å². The van der Waals surface area contributed by atoms with E-state index in [1.807, 2.05) is 5.32 Å². The van der Waals surface area contributed by atoms with Gasteiger partial charge in [0.1, 0.15) is 11.5 Å². The summed E-state index contributed by atoms with van der Waals surface area (Å²) in [5, 5.41) is 2.04. The first-order valence-electron chi connectivity index (χ1n) is 6.56. The molecule has 1 N–H and O–H groups in total. The van der Waals surface area contributed by atoms with E-state index >= 15 is 0 Å². The van der Waals surface area contributed by atoms with Crippen molar-refractivity contribution in [1.29, 1.82) is 0 Å². The molecule has 2 rings (SSSR count). The second kappa shape index (κ2) is 5.88. The fourth-order valence-corrected chi connectivity index (χ4v) is 2.08. The van der Waals surface area contributed by atoms with Gasteiger partial charge in [-0.25, -0.2) is 0 Å². The van der Waals surface area contributed by atoms with Gasteiger partial charge in [-0.1, -0.05) is 0 Å². The molecule has 0 atom stereocenters. The van der Waals surface area contributed by atoms with Crippen LogP contribution in [0.4, 0.5) is 32.0 Å². The van der Waals surface area contributed by atoms with Crippen molar-refractivity contribution >= 4 is 11.6 Å². The van der Waals surface area contributed by atoms with E-state index < -0.39 is 35.1 Å². The van der Waals surface area contributed by atoms with Gasteiger partial charge in [-0.15, -0.1) is 0 Å². The SMILES string of the molecule is Cc1cc(C(=O)Nc2cc(C(F)(F)F)cc(C(F)(F)F)c2)c(C)o1. The summed E-state index contributed by atoms with van der Waals surface area (Å²) in [6.45, 7) is 3.00. The Kier molecular flexibility index (Phi) is 4.38. The minimum Gasteiger partial charge on any atom is -0.466 e. The summed E-state index contributed by atoms with van der Waals surface area (Å²) in [4.78, 5) is 12.0. The Morgan fingerprint density at radius 2 is 1.42 bits per heavy atom. The lowest BCUT2D eigenvalue weighted by Crippen LogP contribution is -2.16. The quantitative estimate of drug-likeness (QED) is 0.757. The van der Waals surface area contributed by atoms with Crippen LogP contribution in [-0.2, 0) is 12.4 Å². The van der Waals surface area contributed by atoms with E-state index in [-0.39, 0.29) is 17.4 Å². The van der Waals surface area contributed by atoms with Crippen LogP contribution in [0.15, 0.2) is 28.7 Å². The molecule has 0 aliphatic rings. The molecule has 1 heterocycles. The number of halogens is 6. The van der Waals surface area contributed by atoms with Gasteiger partial charge in [0.05, 0.1) is 16.7 Å². The number of rotatable bonds is 2. The van der Waals surface area contributed by atoms with E-state index in [1.54, 1.807) is 6.92 Å². The van der Waals surface area contributed by atoms with Crippen molar-refractivity contribution in [1.82, 2.24) is 0 Å². The summed E-state index contributed by atoms with van der Waals surface area (Å²) in [7, 11) is 0. The number of aryl methyl sites for hydroxylation is 2. The average molecular weight is 351 g/mol. The molecule has 0 fully saturated rings. The van der Waals surface area contributed by atoms with Crippen molar-refractivity contribution < 1.29 is 35.6 Å². The van der Waals surface area contributed by atoms with Crippen LogP contribution in [0.25, 0.3) is 0 Å². The van der Waals surface area contributed by atoms with E-state index in [0.29, 0.717) is 17.9 Å². The highest BCUT2D eigenvalue weighted by atomic mass is 19.4. The number of alkyl halides is 6. The summed E-state index contributed by atoms with van der Waals surface area (Å²) in [6.07, 6.45) is -9.97. The molecule has 0 aliphatic carbocycles. The number of furan rings is 1. The summed E-state index contributed by atoms with van der Waals surface area (Å²) in [6, 6.07) is 2.21. The van der Waals surface area contributed by atoms with Crippen LogP contribution in [0.1, 0.15) is 33.0 Å². The number of carbonyl (C=O) groups excluding carboxylic acids is 1. The molecule has 0 spiro atoms. The van der Waals surface area contributed by atoms with E-state index in [9.17, 15) is 31.1 Å². The minimum absolute atomic E-state index is 0.0110. The van der Waals surface area contributed by atoms with Crippen LogP contribution >= 0.6 is 0 Å². The maximum absolute atomic E-state index is 12.8. The van der Waals surface area contributed by atoms with Gasteiger partial charge in [0.25, 0.3) is 5.91 Å². The second-order valence-corrected chi connectivity index (χ2v) is 5.08. The highest BCUT2D eigenvalue weighted by molar-refractivity contribution is 6.05. The molecule has 0 radical (unpaired) electrons. The van der Waals surface area contributed by atoms with E-state index in [1.165, 1.54) is 13.0 Å². The Bertz CT molecular complexity index is 741. The zero-order chi connectivity index (χ0) is 18.3. The van der Waals surface area contributed by atoms with Gasteiger partial charge in [0, 0.05) is 5.69 Å². The molecule has 130 valence electrons. The first-order chi connectivity index (χ1) is 10.9. The Morgan fingerprint density at radius 3 is 1.79 bits per heavy atom. The molecule has 0 saturated carbocycles. The van der Waals surface area contributed by atoms with Crippen LogP contribution in [0.3, 0.4) is 0 Å². The van der Waals surface area contributed by atoms with Gasteiger partial charge in [0.2, 0.25) is 0 Å². The number of amides is 1. The summed E-state index contributed by atoms with van der Waals surface area (Å²) >= 11 is 0. The predicted molar refractivity (Wildman–Crippen MR) is 72.6 cm³/mol. The highest BCUT2D eigenvalue weighted by Gasteiger charge is 2.37. The number of anilines is 1. The van der Waals surface area contributed by atoms with Crippen molar-refractivity contribution in [2.24, 2.45) is 0 Å². The third-order valence-corrected chi connectivity index (χ3v) is 3.13. The van der Waals surface area contributed by atoms with Gasteiger partial charge in [-0.05, 0) is 38.1 Å². The predicted octanol–water partition coefficient (Wildman–Crippen LogP) is 5.19. The first-order valence-corrected chi connectivity index (χ1v) is 6.56. The maximum Gasteiger partial charge on any atom is 0.416 e.